The summed E-state index contributed by atoms with van der Waals surface area (Å²) in [4.78, 5) is 4.19. The maximum Gasteiger partial charge on any atom is 0.147 e. The third-order valence-electron chi connectivity index (χ3n) is 2.37. The van der Waals surface area contributed by atoms with E-state index in [1.54, 1.807) is 10.7 Å². The molecule has 0 aliphatic rings. The summed E-state index contributed by atoms with van der Waals surface area (Å²) < 4.78 is 21.0. The largest absolute Gasteiger partial charge is 0.492 e. The number of ether oxygens (including phenoxy) is 1. The van der Waals surface area contributed by atoms with Gasteiger partial charge in [-0.05, 0) is 26.0 Å². The van der Waals surface area contributed by atoms with E-state index in [0.717, 1.165) is 11.6 Å². The quantitative estimate of drug-likeness (QED) is 0.871. The molecule has 96 valence electrons. The average Bonchev–Trinajstić information content (AvgIpc) is 2.56. The van der Waals surface area contributed by atoms with Crippen LogP contribution in [0.15, 0.2) is 22.7 Å². The minimum atomic E-state index is -0.327. The molecule has 0 saturated heterocycles. The first kappa shape index (κ1) is 13.0. The van der Waals surface area contributed by atoms with Crippen LogP contribution in [0, 0.1) is 19.7 Å². The van der Waals surface area contributed by atoms with Crippen LogP contribution in [-0.4, -0.2) is 21.4 Å². The van der Waals surface area contributed by atoms with Crippen molar-refractivity contribution >= 4 is 15.9 Å². The molecule has 0 fully saturated rings. The zero-order chi connectivity index (χ0) is 13.1. The standard InChI is InChI=1S/C12H13BrFN3O/c1-8-15-9(2)17(16-8)3-4-18-12-6-10(13)5-11(14)7-12/h5-7H,3-4H2,1-2H3. The molecule has 1 aromatic carbocycles. The molecule has 0 bridgehead atoms. The van der Waals surface area contributed by atoms with E-state index in [1.807, 2.05) is 13.8 Å². The van der Waals surface area contributed by atoms with Gasteiger partial charge in [-0.3, -0.25) is 0 Å². The van der Waals surface area contributed by atoms with Gasteiger partial charge in [-0.1, -0.05) is 15.9 Å². The summed E-state index contributed by atoms with van der Waals surface area (Å²) in [5.41, 5.74) is 0. The molecule has 0 atom stereocenters. The van der Waals surface area contributed by atoms with Crippen LogP contribution in [0.3, 0.4) is 0 Å². The number of aromatic nitrogens is 3. The van der Waals surface area contributed by atoms with Crippen molar-refractivity contribution in [1.29, 1.82) is 0 Å². The second-order valence-electron chi connectivity index (χ2n) is 3.88. The highest BCUT2D eigenvalue weighted by Gasteiger charge is 2.03. The highest BCUT2D eigenvalue weighted by molar-refractivity contribution is 9.10. The molecule has 0 unspecified atom stereocenters. The zero-order valence-electron chi connectivity index (χ0n) is 10.2. The van der Waals surface area contributed by atoms with Gasteiger partial charge in [0.1, 0.15) is 29.8 Å². The molecule has 0 spiro atoms. The van der Waals surface area contributed by atoms with Crippen LogP contribution in [0.4, 0.5) is 4.39 Å². The normalized spacial score (nSPS) is 10.7. The Kier molecular flexibility index (Phi) is 3.96. The predicted octanol–water partition coefficient (Wildman–Crippen LogP) is 2.88. The summed E-state index contributed by atoms with van der Waals surface area (Å²) in [7, 11) is 0. The van der Waals surface area contributed by atoms with Gasteiger partial charge in [-0.25, -0.2) is 14.1 Å². The monoisotopic (exact) mass is 313 g/mol. The Morgan fingerprint density at radius 2 is 2.11 bits per heavy atom. The van der Waals surface area contributed by atoms with Crippen molar-refractivity contribution < 1.29 is 9.13 Å². The molecule has 1 heterocycles. The summed E-state index contributed by atoms with van der Waals surface area (Å²) in [6.45, 7) is 4.73. The molecule has 0 aliphatic heterocycles. The van der Waals surface area contributed by atoms with Crippen LogP contribution >= 0.6 is 15.9 Å². The minimum absolute atomic E-state index is 0.327. The molecule has 6 heteroatoms. The van der Waals surface area contributed by atoms with Gasteiger partial charge in [0.15, 0.2) is 0 Å². The van der Waals surface area contributed by atoms with E-state index in [1.165, 1.54) is 12.1 Å². The number of hydrogen-bond donors (Lipinski definition) is 0. The second-order valence-corrected chi connectivity index (χ2v) is 4.80. The zero-order valence-corrected chi connectivity index (χ0v) is 11.7. The van der Waals surface area contributed by atoms with Gasteiger partial charge in [-0.15, -0.1) is 0 Å². The third-order valence-corrected chi connectivity index (χ3v) is 2.83. The van der Waals surface area contributed by atoms with E-state index < -0.39 is 0 Å². The highest BCUT2D eigenvalue weighted by atomic mass is 79.9. The van der Waals surface area contributed by atoms with Gasteiger partial charge in [0.2, 0.25) is 0 Å². The van der Waals surface area contributed by atoms with Crippen molar-refractivity contribution in [3.05, 3.63) is 40.1 Å². The Morgan fingerprint density at radius 3 is 2.72 bits per heavy atom. The Balaban J connectivity index is 1.94. The Labute approximate surface area is 113 Å². The van der Waals surface area contributed by atoms with Crippen molar-refractivity contribution in [2.45, 2.75) is 20.4 Å². The van der Waals surface area contributed by atoms with Crippen LogP contribution in [0.1, 0.15) is 11.6 Å². The third kappa shape index (κ3) is 3.29. The lowest BCUT2D eigenvalue weighted by Crippen LogP contribution is -2.11. The molecule has 0 radical (unpaired) electrons. The van der Waals surface area contributed by atoms with E-state index in [9.17, 15) is 4.39 Å². The number of aryl methyl sites for hydroxylation is 2. The van der Waals surface area contributed by atoms with Gasteiger partial charge < -0.3 is 4.74 Å². The van der Waals surface area contributed by atoms with Gasteiger partial charge in [0.05, 0.1) is 6.54 Å². The fourth-order valence-electron chi connectivity index (χ4n) is 1.63. The maximum absolute atomic E-state index is 13.1. The van der Waals surface area contributed by atoms with E-state index in [2.05, 4.69) is 26.0 Å². The molecular formula is C12H13BrFN3O. The van der Waals surface area contributed by atoms with Crippen molar-refractivity contribution in [2.75, 3.05) is 6.61 Å². The molecule has 0 amide bonds. The van der Waals surface area contributed by atoms with Crippen LogP contribution in [0.25, 0.3) is 0 Å². The first-order chi connectivity index (χ1) is 8.54. The van der Waals surface area contributed by atoms with Crippen LogP contribution in [0.2, 0.25) is 0 Å². The summed E-state index contributed by atoms with van der Waals surface area (Å²) in [6, 6.07) is 4.46. The maximum atomic E-state index is 13.1. The van der Waals surface area contributed by atoms with Gasteiger partial charge in [0, 0.05) is 10.5 Å². The smallest absolute Gasteiger partial charge is 0.147 e. The van der Waals surface area contributed by atoms with Crippen LogP contribution in [0.5, 0.6) is 5.75 Å². The second kappa shape index (κ2) is 5.48. The minimum Gasteiger partial charge on any atom is -0.492 e. The number of benzene rings is 1. The molecular weight excluding hydrogens is 301 g/mol. The number of rotatable bonds is 4. The van der Waals surface area contributed by atoms with E-state index in [0.29, 0.717) is 23.4 Å². The number of halogens is 2. The summed E-state index contributed by atoms with van der Waals surface area (Å²) >= 11 is 3.22. The summed E-state index contributed by atoms with van der Waals surface area (Å²) in [6.07, 6.45) is 0. The first-order valence-corrected chi connectivity index (χ1v) is 6.31. The first-order valence-electron chi connectivity index (χ1n) is 5.51. The fourth-order valence-corrected chi connectivity index (χ4v) is 2.08. The van der Waals surface area contributed by atoms with Crippen LogP contribution < -0.4 is 4.74 Å². The van der Waals surface area contributed by atoms with E-state index in [-0.39, 0.29) is 5.82 Å². The average molecular weight is 314 g/mol. The fraction of sp³-hybridized carbons (Fsp3) is 0.333. The molecule has 0 N–H and O–H groups in total. The lowest BCUT2D eigenvalue weighted by atomic mass is 10.3. The van der Waals surface area contributed by atoms with E-state index >= 15 is 0 Å². The lowest BCUT2D eigenvalue weighted by molar-refractivity contribution is 0.288. The SMILES string of the molecule is Cc1nc(C)n(CCOc2cc(F)cc(Br)c2)n1. The highest BCUT2D eigenvalue weighted by Crippen LogP contribution is 2.20. The number of nitrogens with zero attached hydrogens (tertiary/aromatic N) is 3. The Morgan fingerprint density at radius 1 is 1.33 bits per heavy atom. The molecule has 2 aromatic rings. The van der Waals surface area contributed by atoms with Crippen molar-refractivity contribution in [1.82, 2.24) is 14.8 Å². The molecule has 18 heavy (non-hydrogen) atoms. The Hall–Kier alpha value is -1.43. The van der Waals surface area contributed by atoms with Gasteiger partial charge >= 0.3 is 0 Å². The van der Waals surface area contributed by atoms with Gasteiger partial charge in [-0.2, -0.15) is 5.10 Å². The summed E-state index contributed by atoms with van der Waals surface area (Å²) in [5.74, 6) is 1.75. The van der Waals surface area contributed by atoms with E-state index in [4.69, 9.17) is 4.74 Å². The molecule has 0 aliphatic carbocycles. The molecule has 2 rings (SSSR count). The Bertz CT molecular complexity index is 536. The predicted molar refractivity (Wildman–Crippen MR) is 69.1 cm³/mol. The van der Waals surface area contributed by atoms with Crippen molar-refractivity contribution in [3.63, 3.8) is 0 Å². The van der Waals surface area contributed by atoms with Gasteiger partial charge in [0.25, 0.3) is 0 Å². The molecule has 1 aromatic heterocycles. The topological polar surface area (TPSA) is 39.9 Å². The van der Waals surface area contributed by atoms with Crippen LogP contribution in [-0.2, 0) is 6.54 Å². The number of hydrogen-bond acceptors (Lipinski definition) is 3. The van der Waals surface area contributed by atoms with Crippen molar-refractivity contribution in [2.24, 2.45) is 0 Å². The van der Waals surface area contributed by atoms with Crippen molar-refractivity contribution in [3.8, 4) is 5.75 Å². The molecule has 0 saturated carbocycles. The summed E-state index contributed by atoms with van der Waals surface area (Å²) in [5, 5.41) is 4.22. The lowest BCUT2D eigenvalue weighted by Gasteiger charge is -2.07. The molecule has 4 nitrogen and oxygen atoms in total.